The standard InChI is InChI=1S/C19H23NO2/c1-2-3-9-18(19(21)20-22)14-15-8-7-12-17(13-15)16-10-5-4-6-11-16/h4-8,10-13,18,22H,2-3,9,14H2,1H3,(H,20,21). The maximum Gasteiger partial charge on any atom is 0.246 e. The number of hydrogen-bond acceptors (Lipinski definition) is 2. The van der Waals surface area contributed by atoms with Crippen LogP contribution in [-0.4, -0.2) is 11.1 Å². The van der Waals surface area contributed by atoms with E-state index in [1.165, 1.54) is 5.56 Å². The van der Waals surface area contributed by atoms with Crippen LogP contribution < -0.4 is 5.48 Å². The van der Waals surface area contributed by atoms with Gasteiger partial charge in [0.1, 0.15) is 0 Å². The van der Waals surface area contributed by atoms with E-state index in [1.807, 2.05) is 30.3 Å². The molecule has 0 fully saturated rings. The summed E-state index contributed by atoms with van der Waals surface area (Å²) in [7, 11) is 0. The van der Waals surface area contributed by atoms with Crippen LogP contribution in [0.2, 0.25) is 0 Å². The highest BCUT2D eigenvalue weighted by Crippen LogP contribution is 2.22. The lowest BCUT2D eigenvalue weighted by atomic mass is 9.92. The maximum atomic E-state index is 11.8. The molecule has 0 aliphatic rings. The zero-order valence-electron chi connectivity index (χ0n) is 13.0. The SMILES string of the molecule is CCCCC(Cc1cccc(-c2ccccc2)c1)C(=O)NO. The zero-order valence-corrected chi connectivity index (χ0v) is 13.0. The van der Waals surface area contributed by atoms with Crippen molar-refractivity contribution in [2.45, 2.75) is 32.6 Å². The van der Waals surface area contributed by atoms with Gasteiger partial charge < -0.3 is 0 Å². The molecule has 0 saturated carbocycles. The molecule has 116 valence electrons. The second-order valence-electron chi connectivity index (χ2n) is 5.59. The molecule has 2 aromatic carbocycles. The molecule has 0 aromatic heterocycles. The fourth-order valence-electron chi connectivity index (χ4n) is 2.66. The molecule has 2 aromatic rings. The van der Waals surface area contributed by atoms with Crippen LogP contribution >= 0.6 is 0 Å². The van der Waals surface area contributed by atoms with Gasteiger partial charge in [-0.1, -0.05) is 74.4 Å². The van der Waals surface area contributed by atoms with Crippen molar-refractivity contribution in [2.75, 3.05) is 0 Å². The van der Waals surface area contributed by atoms with Crippen molar-refractivity contribution >= 4 is 5.91 Å². The first-order chi connectivity index (χ1) is 10.7. The van der Waals surface area contributed by atoms with E-state index in [0.29, 0.717) is 6.42 Å². The molecule has 2 N–H and O–H groups in total. The molecular formula is C19H23NO2. The number of amides is 1. The van der Waals surface area contributed by atoms with Gasteiger partial charge in [0.25, 0.3) is 0 Å². The summed E-state index contributed by atoms with van der Waals surface area (Å²) < 4.78 is 0. The van der Waals surface area contributed by atoms with E-state index in [1.54, 1.807) is 5.48 Å². The van der Waals surface area contributed by atoms with Gasteiger partial charge in [-0.3, -0.25) is 10.0 Å². The average molecular weight is 297 g/mol. The first-order valence-corrected chi connectivity index (χ1v) is 7.83. The van der Waals surface area contributed by atoms with Crippen molar-refractivity contribution in [3.63, 3.8) is 0 Å². The van der Waals surface area contributed by atoms with Gasteiger partial charge in [-0.05, 0) is 29.5 Å². The second-order valence-corrected chi connectivity index (χ2v) is 5.59. The molecule has 0 bridgehead atoms. The van der Waals surface area contributed by atoms with Gasteiger partial charge in [0.15, 0.2) is 0 Å². The Balaban J connectivity index is 2.16. The third kappa shape index (κ3) is 4.43. The van der Waals surface area contributed by atoms with Crippen LogP contribution in [0.25, 0.3) is 11.1 Å². The number of benzene rings is 2. The van der Waals surface area contributed by atoms with Crippen LogP contribution in [0.15, 0.2) is 54.6 Å². The zero-order chi connectivity index (χ0) is 15.8. The van der Waals surface area contributed by atoms with E-state index in [-0.39, 0.29) is 11.8 Å². The van der Waals surface area contributed by atoms with Crippen LogP contribution in [-0.2, 0) is 11.2 Å². The fraction of sp³-hybridized carbons (Fsp3) is 0.316. The molecule has 3 nitrogen and oxygen atoms in total. The van der Waals surface area contributed by atoms with Crippen molar-refractivity contribution in [3.8, 4) is 11.1 Å². The van der Waals surface area contributed by atoms with E-state index in [0.717, 1.165) is 30.4 Å². The Morgan fingerprint density at radius 2 is 1.82 bits per heavy atom. The summed E-state index contributed by atoms with van der Waals surface area (Å²) in [5.41, 5.74) is 5.24. The van der Waals surface area contributed by atoms with E-state index in [9.17, 15) is 4.79 Å². The van der Waals surface area contributed by atoms with Gasteiger partial charge in [0.2, 0.25) is 5.91 Å². The smallest absolute Gasteiger partial charge is 0.246 e. The summed E-state index contributed by atoms with van der Waals surface area (Å²) in [6.45, 7) is 2.10. The Hall–Kier alpha value is -2.13. The minimum Gasteiger partial charge on any atom is -0.289 e. The van der Waals surface area contributed by atoms with Crippen LogP contribution in [0, 0.1) is 5.92 Å². The number of carbonyl (C=O) groups is 1. The topological polar surface area (TPSA) is 49.3 Å². The molecule has 0 aliphatic heterocycles. The Labute approximate surface area is 132 Å². The number of hydrogen-bond donors (Lipinski definition) is 2. The summed E-state index contributed by atoms with van der Waals surface area (Å²) in [6.07, 6.45) is 3.46. The predicted molar refractivity (Wildman–Crippen MR) is 88.5 cm³/mol. The summed E-state index contributed by atoms with van der Waals surface area (Å²) in [5, 5.41) is 8.92. The van der Waals surface area contributed by atoms with Crippen LogP contribution in [0.3, 0.4) is 0 Å². The van der Waals surface area contributed by atoms with Crippen molar-refractivity contribution in [1.29, 1.82) is 0 Å². The lowest BCUT2D eigenvalue weighted by molar-refractivity contribution is -0.133. The molecule has 1 atom stereocenters. The Bertz CT molecular complexity index is 595. The molecule has 0 spiro atoms. The van der Waals surface area contributed by atoms with E-state index in [4.69, 9.17) is 5.21 Å². The molecule has 22 heavy (non-hydrogen) atoms. The second kappa shape index (κ2) is 8.35. The first kappa shape index (κ1) is 16.2. The molecule has 2 rings (SSSR count). The molecular weight excluding hydrogens is 274 g/mol. The number of nitrogens with one attached hydrogen (secondary N) is 1. The van der Waals surface area contributed by atoms with Gasteiger partial charge in [-0.25, -0.2) is 5.48 Å². The van der Waals surface area contributed by atoms with Gasteiger partial charge in [0, 0.05) is 5.92 Å². The quantitative estimate of drug-likeness (QED) is 0.594. The molecule has 0 aliphatic carbocycles. The largest absolute Gasteiger partial charge is 0.289 e. The lowest BCUT2D eigenvalue weighted by Gasteiger charge is -2.15. The van der Waals surface area contributed by atoms with Crippen molar-refractivity contribution in [2.24, 2.45) is 5.92 Å². The Morgan fingerprint density at radius 3 is 2.50 bits per heavy atom. The first-order valence-electron chi connectivity index (χ1n) is 7.83. The molecule has 1 unspecified atom stereocenters. The molecule has 1 amide bonds. The summed E-state index contributed by atoms with van der Waals surface area (Å²) in [4.78, 5) is 11.8. The van der Waals surface area contributed by atoms with E-state index < -0.39 is 0 Å². The third-order valence-corrected chi connectivity index (χ3v) is 3.90. The molecule has 0 radical (unpaired) electrons. The molecule has 3 heteroatoms. The van der Waals surface area contributed by atoms with Gasteiger partial charge in [-0.15, -0.1) is 0 Å². The highest BCUT2D eigenvalue weighted by Gasteiger charge is 2.18. The van der Waals surface area contributed by atoms with Crippen LogP contribution in [0.4, 0.5) is 0 Å². The average Bonchev–Trinajstić information content (AvgIpc) is 2.59. The van der Waals surface area contributed by atoms with Crippen molar-refractivity contribution in [3.05, 3.63) is 60.2 Å². The van der Waals surface area contributed by atoms with Gasteiger partial charge >= 0.3 is 0 Å². The fourth-order valence-corrected chi connectivity index (χ4v) is 2.66. The van der Waals surface area contributed by atoms with Crippen LogP contribution in [0.5, 0.6) is 0 Å². The maximum absolute atomic E-state index is 11.8. The Kier molecular flexibility index (Phi) is 6.16. The predicted octanol–water partition coefficient (Wildman–Crippen LogP) is 4.21. The summed E-state index contributed by atoms with van der Waals surface area (Å²) in [5.74, 6) is -0.477. The lowest BCUT2D eigenvalue weighted by Crippen LogP contribution is -2.29. The molecule has 0 saturated heterocycles. The van der Waals surface area contributed by atoms with E-state index in [2.05, 4.69) is 31.2 Å². The normalized spacial score (nSPS) is 11.9. The minimum atomic E-state index is -0.293. The minimum absolute atomic E-state index is 0.184. The highest BCUT2D eigenvalue weighted by atomic mass is 16.5. The number of carbonyl (C=O) groups excluding carboxylic acids is 1. The monoisotopic (exact) mass is 297 g/mol. The summed E-state index contributed by atoms with van der Waals surface area (Å²) in [6, 6.07) is 18.4. The number of rotatable bonds is 7. The van der Waals surface area contributed by atoms with Gasteiger partial charge in [0.05, 0.1) is 0 Å². The highest BCUT2D eigenvalue weighted by molar-refractivity contribution is 5.77. The van der Waals surface area contributed by atoms with Crippen LogP contribution in [0.1, 0.15) is 31.7 Å². The number of unbranched alkanes of at least 4 members (excludes halogenated alkanes) is 1. The summed E-state index contributed by atoms with van der Waals surface area (Å²) >= 11 is 0. The Morgan fingerprint density at radius 1 is 1.09 bits per heavy atom. The van der Waals surface area contributed by atoms with E-state index >= 15 is 0 Å². The van der Waals surface area contributed by atoms with Gasteiger partial charge in [-0.2, -0.15) is 0 Å². The molecule has 0 heterocycles. The third-order valence-electron chi connectivity index (χ3n) is 3.90. The van der Waals surface area contributed by atoms with Crippen molar-refractivity contribution < 1.29 is 10.0 Å². The van der Waals surface area contributed by atoms with Crippen molar-refractivity contribution in [1.82, 2.24) is 5.48 Å². The number of hydroxylamine groups is 1.